The van der Waals surface area contributed by atoms with Gasteiger partial charge < -0.3 is 28.7 Å². The first-order chi connectivity index (χ1) is 24.4. The van der Waals surface area contributed by atoms with E-state index >= 15 is 0 Å². The second-order valence-electron chi connectivity index (χ2n) is 13.6. The molecule has 0 aromatic heterocycles. The minimum atomic E-state index is -0.420. The molecule has 50 heavy (non-hydrogen) atoms. The van der Waals surface area contributed by atoms with Crippen LogP contribution in [0.4, 0.5) is 10.5 Å². The highest BCUT2D eigenvalue weighted by molar-refractivity contribution is 5.91. The molecule has 2 fully saturated rings. The van der Waals surface area contributed by atoms with Crippen molar-refractivity contribution in [3.05, 3.63) is 90.0 Å². The summed E-state index contributed by atoms with van der Waals surface area (Å²) in [5.41, 5.74) is 5.40. The summed E-state index contributed by atoms with van der Waals surface area (Å²) in [6.45, 7) is 7.37. The zero-order valence-electron chi connectivity index (χ0n) is 30.1. The van der Waals surface area contributed by atoms with Crippen LogP contribution in [-0.2, 0) is 36.6 Å². The molecule has 9 nitrogen and oxygen atoms in total. The molecule has 2 unspecified atom stereocenters. The van der Waals surface area contributed by atoms with Crippen LogP contribution in [0.1, 0.15) is 50.2 Å². The van der Waals surface area contributed by atoms with Crippen molar-refractivity contribution in [3.63, 3.8) is 0 Å². The number of nitrogens with zero attached hydrogens (tertiary/aromatic N) is 2. The van der Waals surface area contributed by atoms with Gasteiger partial charge >= 0.3 is 6.09 Å². The summed E-state index contributed by atoms with van der Waals surface area (Å²) in [6, 6.07) is 26.7. The highest BCUT2D eigenvalue weighted by Gasteiger charge is 2.42. The van der Waals surface area contributed by atoms with E-state index in [0.717, 1.165) is 75.0 Å². The van der Waals surface area contributed by atoms with Crippen LogP contribution in [0.15, 0.2) is 78.9 Å². The van der Waals surface area contributed by atoms with Crippen LogP contribution in [0, 0.1) is 11.8 Å². The van der Waals surface area contributed by atoms with E-state index in [1.807, 2.05) is 59.5 Å². The van der Waals surface area contributed by atoms with Crippen molar-refractivity contribution >= 4 is 17.7 Å². The monoisotopic (exact) mass is 685 g/mol. The predicted molar refractivity (Wildman–Crippen MR) is 197 cm³/mol. The van der Waals surface area contributed by atoms with E-state index in [1.54, 1.807) is 14.2 Å². The highest BCUT2D eigenvalue weighted by atomic mass is 16.7. The Morgan fingerprint density at radius 2 is 1.58 bits per heavy atom. The van der Waals surface area contributed by atoms with E-state index in [1.165, 1.54) is 11.1 Å². The van der Waals surface area contributed by atoms with E-state index in [0.29, 0.717) is 44.6 Å². The lowest BCUT2D eigenvalue weighted by Gasteiger charge is -2.26. The molecule has 0 spiro atoms. The number of hydrogen-bond acceptors (Lipinski definition) is 7. The molecule has 5 rings (SSSR count). The van der Waals surface area contributed by atoms with Crippen LogP contribution in [0.25, 0.3) is 11.1 Å². The van der Waals surface area contributed by atoms with Gasteiger partial charge in [0, 0.05) is 46.0 Å². The maximum atomic E-state index is 12.9. The third-order valence-corrected chi connectivity index (χ3v) is 10.0. The standard InChI is InChI=1S/C41H55N3O6/c1-4-5-21-44(30-40(47-2)48-3)39(45)20-24-49-23-19-32-13-11-12-31(25-32)18-22-43-28-34-26-36(27-35(34)29-43)50-41(46)42-38-17-10-9-16-37(38)33-14-7-6-8-15-33/h6-17,25,34-36,40H,4-5,18-24,26-30H2,1-3H3,(H,42,46). The van der Waals surface area contributed by atoms with E-state index in [-0.39, 0.29) is 18.1 Å². The maximum Gasteiger partial charge on any atom is 0.411 e. The lowest BCUT2D eigenvalue weighted by Crippen LogP contribution is -2.40. The Balaban J connectivity index is 0.982. The Morgan fingerprint density at radius 3 is 2.30 bits per heavy atom. The van der Waals surface area contributed by atoms with Gasteiger partial charge in [-0.15, -0.1) is 0 Å². The van der Waals surface area contributed by atoms with E-state index < -0.39 is 6.29 Å². The number of hydrogen-bond donors (Lipinski definition) is 1. The van der Waals surface area contributed by atoms with Crippen molar-refractivity contribution in [2.75, 3.05) is 65.5 Å². The van der Waals surface area contributed by atoms with Crippen molar-refractivity contribution in [1.82, 2.24) is 9.80 Å². The summed E-state index contributed by atoms with van der Waals surface area (Å²) in [4.78, 5) is 30.1. The first-order valence-corrected chi connectivity index (χ1v) is 18.3. The van der Waals surface area contributed by atoms with Crippen molar-refractivity contribution in [3.8, 4) is 11.1 Å². The van der Waals surface area contributed by atoms with Crippen molar-refractivity contribution in [2.24, 2.45) is 11.8 Å². The van der Waals surface area contributed by atoms with Gasteiger partial charge in [0.25, 0.3) is 0 Å². The smallest absolute Gasteiger partial charge is 0.411 e. The SMILES string of the molecule is CCCCN(CC(OC)OC)C(=O)CCOCCc1cccc(CCN2CC3CC(OC(=O)Nc4ccccc4-c4ccccc4)CC3C2)c1. The molecule has 1 saturated carbocycles. The first-order valence-electron chi connectivity index (χ1n) is 18.3. The topological polar surface area (TPSA) is 89.6 Å². The molecule has 2 aliphatic rings. The second-order valence-corrected chi connectivity index (χ2v) is 13.6. The van der Waals surface area contributed by atoms with Gasteiger partial charge in [-0.05, 0) is 66.7 Å². The molecule has 9 heteroatoms. The Labute approximate surface area is 298 Å². The first kappa shape index (κ1) is 37.5. The molecule has 1 saturated heterocycles. The second kappa shape index (κ2) is 19.6. The van der Waals surface area contributed by atoms with Crippen LogP contribution in [0.5, 0.6) is 0 Å². The van der Waals surface area contributed by atoms with Crippen molar-refractivity contribution in [2.45, 2.75) is 64.3 Å². The van der Waals surface area contributed by atoms with E-state index in [2.05, 4.69) is 41.4 Å². The van der Waals surface area contributed by atoms with Gasteiger partial charge in [-0.25, -0.2) is 4.79 Å². The average Bonchev–Trinajstić information content (AvgIpc) is 3.69. The number of likely N-dealkylation sites (tertiary alicyclic amines) is 1. The molecule has 1 aliphatic carbocycles. The largest absolute Gasteiger partial charge is 0.446 e. The Morgan fingerprint density at radius 1 is 0.880 bits per heavy atom. The zero-order chi connectivity index (χ0) is 35.1. The molecular formula is C41H55N3O6. The quantitative estimate of drug-likeness (QED) is 0.107. The van der Waals surface area contributed by atoms with Crippen LogP contribution in [-0.4, -0.2) is 94.4 Å². The Bertz CT molecular complexity index is 1470. The fourth-order valence-electron chi connectivity index (χ4n) is 7.30. The van der Waals surface area contributed by atoms with Crippen LogP contribution >= 0.6 is 0 Å². The number of carbonyl (C=O) groups excluding carboxylic acids is 2. The molecular weight excluding hydrogens is 630 g/mol. The molecule has 0 radical (unpaired) electrons. The predicted octanol–water partition coefficient (Wildman–Crippen LogP) is 7.05. The summed E-state index contributed by atoms with van der Waals surface area (Å²) >= 11 is 0. The fourth-order valence-corrected chi connectivity index (χ4v) is 7.30. The molecule has 270 valence electrons. The zero-order valence-corrected chi connectivity index (χ0v) is 30.1. The number of amides is 2. The summed E-state index contributed by atoms with van der Waals surface area (Å²) in [7, 11) is 3.19. The summed E-state index contributed by atoms with van der Waals surface area (Å²) in [5, 5.41) is 2.99. The molecule has 1 heterocycles. The minimum Gasteiger partial charge on any atom is -0.446 e. The third-order valence-electron chi connectivity index (χ3n) is 10.0. The van der Waals surface area contributed by atoms with E-state index in [4.69, 9.17) is 18.9 Å². The molecule has 1 N–H and O–H groups in total. The lowest BCUT2D eigenvalue weighted by molar-refractivity contribution is -0.146. The van der Waals surface area contributed by atoms with Gasteiger partial charge in [-0.1, -0.05) is 86.1 Å². The van der Waals surface area contributed by atoms with Gasteiger partial charge in [0.2, 0.25) is 5.91 Å². The Hall–Kier alpha value is -3.76. The third kappa shape index (κ3) is 11.1. The maximum absolute atomic E-state index is 12.9. The number of anilines is 1. The number of benzene rings is 3. The molecule has 2 atom stereocenters. The average molecular weight is 686 g/mol. The lowest BCUT2D eigenvalue weighted by atomic mass is 10.0. The van der Waals surface area contributed by atoms with Crippen LogP contribution < -0.4 is 5.32 Å². The number of para-hydroxylation sites is 1. The van der Waals surface area contributed by atoms with Gasteiger partial charge in [-0.3, -0.25) is 10.1 Å². The molecule has 2 amide bonds. The van der Waals surface area contributed by atoms with Gasteiger partial charge in [0.05, 0.1) is 31.9 Å². The molecule has 3 aromatic rings. The number of methoxy groups -OCH3 is 2. The van der Waals surface area contributed by atoms with Gasteiger partial charge in [-0.2, -0.15) is 0 Å². The number of unbranched alkanes of at least 4 members (excludes halogenated alkanes) is 1. The normalized spacial score (nSPS) is 18.7. The van der Waals surface area contributed by atoms with Gasteiger partial charge in [0.15, 0.2) is 6.29 Å². The number of ether oxygens (including phenoxy) is 4. The van der Waals surface area contributed by atoms with Crippen molar-refractivity contribution < 1.29 is 28.5 Å². The van der Waals surface area contributed by atoms with Crippen molar-refractivity contribution in [1.29, 1.82) is 0 Å². The number of carbonyl (C=O) groups is 2. The van der Waals surface area contributed by atoms with Crippen LogP contribution in [0.2, 0.25) is 0 Å². The summed E-state index contributed by atoms with van der Waals surface area (Å²) in [5.74, 6) is 1.21. The molecule has 3 aromatic carbocycles. The number of nitrogens with one attached hydrogen (secondary N) is 1. The van der Waals surface area contributed by atoms with Gasteiger partial charge in [0.1, 0.15) is 6.10 Å². The van der Waals surface area contributed by atoms with Crippen LogP contribution in [0.3, 0.4) is 0 Å². The summed E-state index contributed by atoms with van der Waals surface area (Å²) < 4.78 is 22.4. The Kier molecular flexibility index (Phi) is 14.7. The number of rotatable bonds is 19. The number of fused-ring (bicyclic) bond motifs is 1. The summed E-state index contributed by atoms with van der Waals surface area (Å²) in [6.07, 6.45) is 5.16. The molecule has 0 bridgehead atoms. The van der Waals surface area contributed by atoms with E-state index in [9.17, 15) is 9.59 Å². The minimum absolute atomic E-state index is 0.0354. The highest BCUT2D eigenvalue weighted by Crippen LogP contribution is 2.39. The molecule has 1 aliphatic heterocycles. The fraction of sp³-hybridized carbons (Fsp3) is 0.512.